The normalized spacial score (nSPS) is 35.4. The molecule has 2 bridgehead atoms. The van der Waals surface area contributed by atoms with Crippen molar-refractivity contribution < 1.29 is 9.53 Å². The summed E-state index contributed by atoms with van der Waals surface area (Å²) in [6, 6.07) is 1.16. The van der Waals surface area contributed by atoms with Gasteiger partial charge in [-0.1, -0.05) is 0 Å². The van der Waals surface area contributed by atoms with Crippen LogP contribution in [0.3, 0.4) is 0 Å². The molecule has 0 aliphatic carbocycles. The highest BCUT2D eigenvalue weighted by atomic mass is 16.6. The maximum atomic E-state index is 11.3. The molecule has 0 aromatic carbocycles. The van der Waals surface area contributed by atoms with Gasteiger partial charge in [-0.05, 0) is 25.7 Å². The summed E-state index contributed by atoms with van der Waals surface area (Å²) in [5.41, 5.74) is 0. The van der Waals surface area contributed by atoms with Crippen LogP contribution in [-0.2, 0) is 4.74 Å². The first kappa shape index (κ1) is 9.77. The molecule has 0 aromatic rings. The molecule has 2 fully saturated rings. The van der Waals surface area contributed by atoms with Gasteiger partial charge < -0.3 is 15.0 Å². The third-order valence-electron chi connectivity index (χ3n) is 3.06. The van der Waals surface area contributed by atoms with E-state index < -0.39 is 0 Å². The topological polar surface area (TPSA) is 41.6 Å². The Balaban J connectivity index is 1.85. The molecule has 2 aliphatic rings. The highest BCUT2D eigenvalue weighted by Crippen LogP contribution is 2.28. The first-order valence-electron chi connectivity index (χ1n) is 5.29. The number of ether oxygens (including phenoxy) is 1. The van der Waals surface area contributed by atoms with Gasteiger partial charge in [0.1, 0.15) is 6.10 Å². The second kappa shape index (κ2) is 3.77. The molecule has 0 aromatic heterocycles. The van der Waals surface area contributed by atoms with Crippen molar-refractivity contribution in [3.8, 4) is 0 Å². The van der Waals surface area contributed by atoms with E-state index in [4.69, 9.17) is 4.74 Å². The Kier molecular flexibility index (Phi) is 2.63. The van der Waals surface area contributed by atoms with E-state index in [2.05, 4.69) is 5.32 Å². The van der Waals surface area contributed by atoms with Crippen LogP contribution < -0.4 is 5.32 Å². The van der Waals surface area contributed by atoms with Crippen LogP contribution in [0.1, 0.15) is 25.7 Å². The van der Waals surface area contributed by atoms with Crippen LogP contribution in [-0.4, -0.2) is 43.3 Å². The van der Waals surface area contributed by atoms with E-state index in [-0.39, 0.29) is 12.2 Å². The summed E-state index contributed by atoms with van der Waals surface area (Å²) in [6.45, 7) is 0. The van der Waals surface area contributed by atoms with Gasteiger partial charge in [0.05, 0.1) is 0 Å². The molecule has 2 aliphatic heterocycles. The third-order valence-corrected chi connectivity index (χ3v) is 3.06. The van der Waals surface area contributed by atoms with Crippen LogP contribution in [0.25, 0.3) is 0 Å². The number of hydrogen-bond donors (Lipinski definition) is 1. The number of carbonyl (C=O) groups is 1. The number of rotatable bonds is 1. The summed E-state index contributed by atoms with van der Waals surface area (Å²) in [7, 11) is 3.44. The molecule has 4 heteroatoms. The van der Waals surface area contributed by atoms with Crippen molar-refractivity contribution in [3.63, 3.8) is 0 Å². The predicted octanol–water partition coefficient (Wildman–Crippen LogP) is 0.968. The Morgan fingerprint density at radius 2 is 1.86 bits per heavy atom. The average Bonchev–Trinajstić information content (AvgIpc) is 2.45. The number of fused-ring (bicyclic) bond motifs is 2. The summed E-state index contributed by atoms with van der Waals surface area (Å²) in [4.78, 5) is 12.8. The van der Waals surface area contributed by atoms with Crippen LogP contribution in [0.4, 0.5) is 4.79 Å². The standard InChI is InChI=1S/C10H18N2O2/c1-12(2)10(13)14-9-5-7-3-4-8(6-9)11-7/h7-9,11H,3-6H2,1-2H3/t7-,8+,9?. The van der Waals surface area contributed by atoms with Crippen molar-refractivity contribution >= 4 is 6.09 Å². The Labute approximate surface area is 84.6 Å². The quantitative estimate of drug-likeness (QED) is 0.682. The number of carbonyl (C=O) groups excluding carboxylic acids is 1. The molecule has 2 saturated heterocycles. The summed E-state index contributed by atoms with van der Waals surface area (Å²) >= 11 is 0. The first-order valence-corrected chi connectivity index (χ1v) is 5.29. The second-order valence-corrected chi connectivity index (χ2v) is 4.51. The van der Waals surface area contributed by atoms with Crippen molar-refractivity contribution in [1.82, 2.24) is 10.2 Å². The van der Waals surface area contributed by atoms with Crippen molar-refractivity contribution in [1.29, 1.82) is 0 Å². The Hall–Kier alpha value is -0.770. The van der Waals surface area contributed by atoms with Crippen LogP contribution in [0.2, 0.25) is 0 Å². The molecule has 3 atom stereocenters. The van der Waals surface area contributed by atoms with Gasteiger partial charge >= 0.3 is 6.09 Å². The minimum Gasteiger partial charge on any atom is -0.446 e. The largest absolute Gasteiger partial charge is 0.446 e. The van der Waals surface area contributed by atoms with Crippen molar-refractivity contribution in [2.75, 3.05) is 14.1 Å². The molecule has 0 saturated carbocycles. The average molecular weight is 198 g/mol. The number of nitrogens with one attached hydrogen (secondary N) is 1. The molecular weight excluding hydrogens is 180 g/mol. The maximum absolute atomic E-state index is 11.3. The van der Waals surface area contributed by atoms with E-state index in [0.29, 0.717) is 12.1 Å². The SMILES string of the molecule is CN(C)C(=O)OC1C[C@H]2CC[C@@H](C1)N2. The predicted molar refractivity (Wildman–Crippen MR) is 53.1 cm³/mol. The summed E-state index contributed by atoms with van der Waals surface area (Å²) in [5.74, 6) is 0. The van der Waals surface area contributed by atoms with Crippen LogP contribution in [0.5, 0.6) is 0 Å². The van der Waals surface area contributed by atoms with Crippen LogP contribution in [0.15, 0.2) is 0 Å². The fraction of sp³-hybridized carbons (Fsp3) is 0.900. The molecule has 2 rings (SSSR count). The van der Waals surface area contributed by atoms with Crippen molar-refractivity contribution in [2.45, 2.75) is 43.9 Å². The van der Waals surface area contributed by atoms with Gasteiger partial charge in [-0.3, -0.25) is 0 Å². The number of amides is 1. The highest BCUT2D eigenvalue weighted by molar-refractivity contribution is 5.67. The smallest absolute Gasteiger partial charge is 0.409 e. The Morgan fingerprint density at radius 1 is 1.29 bits per heavy atom. The summed E-state index contributed by atoms with van der Waals surface area (Å²) in [5, 5.41) is 3.52. The minimum absolute atomic E-state index is 0.128. The molecule has 1 N–H and O–H groups in total. The molecule has 0 radical (unpaired) electrons. The molecule has 4 nitrogen and oxygen atoms in total. The zero-order valence-corrected chi connectivity index (χ0v) is 8.82. The molecule has 1 unspecified atom stereocenters. The lowest BCUT2D eigenvalue weighted by Crippen LogP contribution is -2.43. The van der Waals surface area contributed by atoms with Gasteiger partial charge in [0.25, 0.3) is 0 Å². The molecule has 2 heterocycles. The van der Waals surface area contributed by atoms with Crippen LogP contribution >= 0.6 is 0 Å². The zero-order valence-electron chi connectivity index (χ0n) is 8.82. The second-order valence-electron chi connectivity index (χ2n) is 4.51. The minimum atomic E-state index is -0.212. The van der Waals surface area contributed by atoms with E-state index in [0.717, 1.165) is 12.8 Å². The highest BCUT2D eigenvalue weighted by Gasteiger charge is 2.35. The lowest BCUT2D eigenvalue weighted by molar-refractivity contribution is 0.0490. The summed E-state index contributed by atoms with van der Waals surface area (Å²) in [6.07, 6.45) is 4.35. The van der Waals surface area contributed by atoms with Gasteiger partial charge in [0, 0.05) is 26.2 Å². The zero-order chi connectivity index (χ0) is 10.1. The third kappa shape index (κ3) is 2.00. The molecule has 0 spiro atoms. The first-order chi connectivity index (χ1) is 6.65. The number of hydrogen-bond acceptors (Lipinski definition) is 3. The Morgan fingerprint density at radius 3 is 2.36 bits per heavy atom. The molecule has 80 valence electrons. The fourth-order valence-electron chi connectivity index (χ4n) is 2.35. The lowest BCUT2D eigenvalue weighted by atomic mass is 10.0. The van der Waals surface area contributed by atoms with E-state index in [9.17, 15) is 4.79 Å². The summed E-state index contributed by atoms with van der Waals surface area (Å²) < 4.78 is 5.38. The van der Waals surface area contributed by atoms with Gasteiger partial charge in [-0.2, -0.15) is 0 Å². The van der Waals surface area contributed by atoms with Gasteiger partial charge in [-0.15, -0.1) is 0 Å². The van der Waals surface area contributed by atoms with E-state index in [1.165, 1.54) is 17.7 Å². The lowest BCUT2D eigenvalue weighted by Gasteiger charge is -2.29. The Bertz CT molecular complexity index is 218. The van der Waals surface area contributed by atoms with Crippen LogP contribution in [0, 0.1) is 0 Å². The molecule has 14 heavy (non-hydrogen) atoms. The number of nitrogens with zero attached hydrogens (tertiary/aromatic N) is 1. The molecule has 1 amide bonds. The van der Waals surface area contributed by atoms with Crippen molar-refractivity contribution in [3.05, 3.63) is 0 Å². The van der Waals surface area contributed by atoms with Gasteiger partial charge in [-0.25, -0.2) is 4.79 Å². The monoisotopic (exact) mass is 198 g/mol. The van der Waals surface area contributed by atoms with Gasteiger partial charge in [0.2, 0.25) is 0 Å². The van der Waals surface area contributed by atoms with E-state index in [1.54, 1.807) is 14.1 Å². The van der Waals surface area contributed by atoms with E-state index >= 15 is 0 Å². The van der Waals surface area contributed by atoms with Crippen molar-refractivity contribution in [2.24, 2.45) is 0 Å². The fourth-order valence-corrected chi connectivity index (χ4v) is 2.35. The van der Waals surface area contributed by atoms with E-state index in [1.807, 2.05) is 0 Å². The maximum Gasteiger partial charge on any atom is 0.409 e. The van der Waals surface area contributed by atoms with Gasteiger partial charge in [0.15, 0.2) is 0 Å². The molecular formula is C10H18N2O2. The number of piperidine rings is 1.